The lowest BCUT2D eigenvalue weighted by Gasteiger charge is -2.39. The van der Waals surface area contributed by atoms with E-state index >= 15 is 0 Å². The predicted molar refractivity (Wildman–Crippen MR) is 89.9 cm³/mol. The summed E-state index contributed by atoms with van der Waals surface area (Å²) in [4.78, 5) is 15.3. The van der Waals surface area contributed by atoms with Crippen molar-refractivity contribution in [3.05, 3.63) is 34.3 Å². The van der Waals surface area contributed by atoms with Crippen molar-refractivity contribution in [3.8, 4) is 0 Å². The van der Waals surface area contributed by atoms with Gasteiger partial charge in [0.05, 0.1) is 11.6 Å². The minimum absolute atomic E-state index is 0.560. The van der Waals surface area contributed by atoms with Crippen LogP contribution < -0.4 is 0 Å². The Labute approximate surface area is 136 Å². The molecule has 1 aliphatic heterocycles. The maximum atomic E-state index is 4.51. The van der Waals surface area contributed by atoms with Gasteiger partial charge in [0, 0.05) is 62.2 Å². The number of rotatable bonds is 5. The fourth-order valence-electron chi connectivity index (χ4n) is 3.11. The molecule has 3 heterocycles. The van der Waals surface area contributed by atoms with Gasteiger partial charge in [-0.25, -0.2) is 9.97 Å². The third kappa shape index (κ3) is 3.56. The molecule has 0 amide bonds. The number of aryl methyl sites for hydroxylation is 2. The van der Waals surface area contributed by atoms with E-state index < -0.39 is 0 Å². The number of aromatic nitrogens is 3. The van der Waals surface area contributed by atoms with Crippen LogP contribution in [-0.2, 0) is 19.6 Å². The summed E-state index contributed by atoms with van der Waals surface area (Å²) in [6, 6.07) is 0.560. The maximum absolute atomic E-state index is 4.51. The van der Waals surface area contributed by atoms with Gasteiger partial charge >= 0.3 is 0 Å². The van der Waals surface area contributed by atoms with E-state index in [1.807, 2.05) is 23.7 Å². The summed E-state index contributed by atoms with van der Waals surface area (Å²) in [5.41, 5.74) is 0. The molecule has 0 saturated carbocycles. The van der Waals surface area contributed by atoms with E-state index in [-0.39, 0.29) is 0 Å². The first-order valence-electron chi connectivity index (χ1n) is 8.03. The van der Waals surface area contributed by atoms with E-state index in [9.17, 15) is 0 Å². The average molecular weight is 319 g/mol. The summed E-state index contributed by atoms with van der Waals surface area (Å²) in [6.07, 6.45) is 6.00. The highest BCUT2D eigenvalue weighted by Crippen LogP contribution is 2.18. The Bertz CT molecular complexity index is 605. The van der Waals surface area contributed by atoms with Crippen molar-refractivity contribution in [1.82, 2.24) is 24.3 Å². The second-order valence-corrected chi connectivity index (χ2v) is 7.35. The first kappa shape index (κ1) is 15.6. The summed E-state index contributed by atoms with van der Waals surface area (Å²) in [6.45, 7) is 12.9. The largest absolute Gasteiger partial charge is 0.334 e. The Balaban J connectivity index is 1.56. The molecule has 22 heavy (non-hydrogen) atoms. The van der Waals surface area contributed by atoms with Crippen molar-refractivity contribution in [1.29, 1.82) is 0 Å². The van der Waals surface area contributed by atoms with Gasteiger partial charge in [-0.2, -0.15) is 0 Å². The lowest BCUT2D eigenvalue weighted by Crippen LogP contribution is -2.51. The van der Waals surface area contributed by atoms with Crippen LogP contribution in [0.4, 0.5) is 0 Å². The van der Waals surface area contributed by atoms with Crippen LogP contribution >= 0.6 is 11.3 Å². The van der Waals surface area contributed by atoms with Crippen LogP contribution in [0, 0.1) is 6.92 Å². The van der Waals surface area contributed by atoms with E-state index in [1.54, 1.807) is 0 Å². The Kier molecular flexibility index (Phi) is 4.90. The van der Waals surface area contributed by atoms with E-state index in [0.29, 0.717) is 6.04 Å². The molecule has 3 rings (SSSR count). The molecule has 0 radical (unpaired) electrons. The molecule has 0 spiro atoms. The lowest BCUT2D eigenvalue weighted by atomic mass is 10.2. The molecule has 1 atom stereocenters. The molecule has 0 unspecified atom stereocenters. The van der Waals surface area contributed by atoms with Crippen LogP contribution in [0.25, 0.3) is 0 Å². The van der Waals surface area contributed by atoms with Gasteiger partial charge in [0.2, 0.25) is 0 Å². The molecule has 120 valence electrons. The Morgan fingerprint density at radius 2 is 2.14 bits per heavy atom. The van der Waals surface area contributed by atoms with Crippen LogP contribution in [0.5, 0.6) is 0 Å². The molecular formula is C16H25N5S. The van der Waals surface area contributed by atoms with Crippen molar-refractivity contribution in [2.75, 3.05) is 19.6 Å². The quantitative estimate of drug-likeness (QED) is 0.848. The molecule has 1 fully saturated rings. The summed E-state index contributed by atoms with van der Waals surface area (Å²) >= 11 is 1.81. The number of piperazine rings is 1. The molecule has 2 aromatic rings. The third-order valence-corrected chi connectivity index (χ3v) is 5.28. The minimum atomic E-state index is 0.560. The first-order chi connectivity index (χ1) is 10.7. The average Bonchev–Trinajstić information content (AvgIpc) is 3.10. The normalized spacial score (nSPS) is 20.6. The molecule has 0 aliphatic carbocycles. The third-order valence-electron chi connectivity index (χ3n) is 4.38. The van der Waals surface area contributed by atoms with Crippen LogP contribution in [0.3, 0.4) is 0 Å². The van der Waals surface area contributed by atoms with Crippen molar-refractivity contribution < 1.29 is 0 Å². The molecule has 5 nitrogen and oxygen atoms in total. The number of imidazole rings is 1. The van der Waals surface area contributed by atoms with E-state index in [2.05, 4.69) is 51.3 Å². The molecule has 1 aliphatic rings. The number of hydrogen-bond acceptors (Lipinski definition) is 5. The molecular weight excluding hydrogens is 294 g/mol. The molecule has 1 saturated heterocycles. The van der Waals surface area contributed by atoms with Crippen molar-refractivity contribution in [3.63, 3.8) is 0 Å². The maximum Gasteiger partial charge on any atom is 0.122 e. The highest BCUT2D eigenvalue weighted by molar-refractivity contribution is 7.11. The topological polar surface area (TPSA) is 37.2 Å². The van der Waals surface area contributed by atoms with Crippen LogP contribution in [0.15, 0.2) is 18.6 Å². The van der Waals surface area contributed by atoms with E-state index in [1.165, 1.54) is 10.7 Å². The van der Waals surface area contributed by atoms with Gasteiger partial charge in [-0.15, -0.1) is 11.3 Å². The fraction of sp³-hybridized carbons (Fsp3) is 0.625. The Morgan fingerprint density at radius 3 is 2.82 bits per heavy atom. The minimum Gasteiger partial charge on any atom is -0.334 e. The van der Waals surface area contributed by atoms with Crippen molar-refractivity contribution in [2.45, 2.75) is 46.4 Å². The number of hydrogen-bond donors (Lipinski definition) is 0. The summed E-state index contributed by atoms with van der Waals surface area (Å²) in [7, 11) is 0. The van der Waals surface area contributed by atoms with E-state index in [4.69, 9.17) is 0 Å². The fourth-order valence-corrected chi connectivity index (χ4v) is 3.95. The van der Waals surface area contributed by atoms with Crippen molar-refractivity contribution in [2.24, 2.45) is 0 Å². The Hall–Kier alpha value is -1.24. The second kappa shape index (κ2) is 6.89. The van der Waals surface area contributed by atoms with Crippen molar-refractivity contribution >= 4 is 11.3 Å². The van der Waals surface area contributed by atoms with Crippen LogP contribution in [0.2, 0.25) is 0 Å². The first-order valence-corrected chi connectivity index (χ1v) is 8.85. The van der Waals surface area contributed by atoms with Gasteiger partial charge in [0.25, 0.3) is 0 Å². The zero-order chi connectivity index (χ0) is 15.5. The SMILES string of the molecule is CCn1ccnc1CN1CCN(Cc2cnc(C)s2)C[C@H]1C. The zero-order valence-corrected chi connectivity index (χ0v) is 14.5. The molecule has 0 bridgehead atoms. The van der Waals surface area contributed by atoms with Gasteiger partial charge in [0.1, 0.15) is 5.82 Å². The van der Waals surface area contributed by atoms with Crippen LogP contribution in [-0.4, -0.2) is 50.0 Å². The van der Waals surface area contributed by atoms with Crippen LogP contribution in [0.1, 0.15) is 29.6 Å². The van der Waals surface area contributed by atoms with Gasteiger partial charge in [-0.3, -0.25) is 9.80 Å². The monoisotopic (exact) mass is 319 g/mol. The van der Waals surface area contributed by atoms with E-state index in [0.717, 1.165) is 44.3 Å². The van der Waals surface area contributed by atoms with Gasteiger partial charge in [-0.1, -0.05) is 0 Å². The molecule has 0 aromatic carbocycles. The Morgan fingerprint density at radius 1 is 1.27 bits per heavy atom. The molecule has 6 heteroatoms. The highest BCUT2D eigenvalue weighted by atomic mass is 32.1. The van der Waals surface area contributed by atoms with Gasteiger partial charge in [-0.05, 0) is 20.8 Å². The second-order valence-electron chi connectivity index (χ2n) is 6.03. The predicted octanol–water partition coefficient (Wildman–Crippen LogP) is 2.37. The number of nitrogens with zero attached hydrogens (tertiary/aromatic N) is 5. The summed E-state index contributed by atoms with van der Waals surface area (Å²) < 4.78 is 2.24. The van der Waals surface area contributed by atoms with Gasteiger partial charge in [0.15, 0.2) is 0 Å². The van der Waals surface area contributed by atoms with Gasteiger partial charge < -0.3 is 4.57 Å². The summed E-state index contributed by atoms with van der Waals surface area (Å²) in [5, 5.41) is 1.16. The molecule has 0 N–H and O–H groups in total. The highest BCUT2D eigenvalue weighted by Gasteiger charge is 2.25. The standard InChI is InChI=1S/C16H25N5S/c1-4-20-6-5-17-16(20)12-21-8-7-19(10-13(21)2)11-15-9-18-14(3)22-15/h5-6,9,13H,4,7-8,10-12H2,1-3H3/t13-/m1/s1. The smallest absolute Gasteiger partial charge is 0.122 e. The summed E-state index contributed by atoms with van der Waals surface area (Å²) in [5.74, 6) is 1.18. The zero-order valence-electron chi connectivity index (χ0n) is 13.7. The number of thiazole rings is 1. The lowest BCUT2D eigenvalue weighted by molar-refractivity contribution is 0.0711. The molecule has 2 aromatic heterocycles.